The summed E-state index contributed by atoms with van der Waals surface area (Å²) in [6, 6.07) is 12.4. The summed E-state index contributed by atoms with van der Waals surface area (Å²) in [5.41, 5.74) is 5.66. The summed E-state index contributed by atoms with van der Waals surface area (Å²) in [5.74, 6) is 0.317. The Morgan fingerprint density at radius 1 is 1.12 bits per heavy atom. The van der Waals surface area contributed by atoms with Gasteiger partial charge in [-0.2, -0.15) is 0 Å². The van der Waals surface area contributed by atoms with Crippen LogP contribution in [0.2, 0.25) is 0 Å². The van der Waals surface area contributed by atoms with E-state index in [4.69, 9.17) is 0 Å². The number of likely N-dealkylation sites (N-methyl/N-ethyl adjacent to an activating group) is 1. The number of hydrogen-bond acceptors (Lipinski definition) is 4. The standard InChI is InChI=1S/C21H18N2OS/c1-23-8-6-13-2-3-14(10-15(13)12-23)20-18(24)5-4-17-21(20)16-7-9-25-19(16)11-22-17/h2-5,7,9-11,24H,6,8,12H2,1H3. The molecule has 0 atom stereocenters. The van der Waals surface area contributed by atoms with Gasteiger partial charge in [0, 0.05) is 35.6 Å². The average Bonchev–Trinajstić information content (AvgIpc) is 3.10. The van der Waals surface area contributed by atoms with E-state index in [2.05, 4.69) is 46.6 Å². The molecule has 0 unspecified atom stereocenters. The maximum Gasteiger partial charge on any atom is 0.124 e. The second-order valence-corrected chi connectivity index (χ2v) is 7.73. The van der Waals surface area contributed by atoms with Crippen molar-refractivity contribution in [2.45, 2.75) is 13.0 Å². The van der Waals surface area contributed by atoms with Gasteiger partial charge in [0.1, 0.15) is 5.75 Å². The van der Waals surface area contributed by atoms with E-state index in [0.717, 1.165) is 51.6 Å². The van der Waals surface area contributed by atoms with Crippen molar-refractivity contribution in [2.75, 3.05) is 13.6 Å². The lowest BCUT2D eigenvalue weighted by Crippen LogP contribution is -2.26. The maximum absolute atomic E-state index is 10.7. The van der Waals surface area contributed by atoms with Crippen molar-refractivity contribution >= 4 is 32.3 Å². The third kappa shape index (κ3) is 2.33. The summed E-state index contributed by atoms with van der Waals surface area (Å²) in [6.07, 6.45) is 3.01. The van der Waals surface area contributed by atoms with Gasteiger partial charge < -0.3 is 10.0 Å². The third-order valence-electron chi connectivity index (χ3n) is 5.14. The number of phenolic OH excluding ortho intramolecular Hbond substituents is 1. The van der Waals surface area contributed by atoms with E-state index in [0.29, 0.717) is 5.75 Å². The number of nitrogens with zero attached hydrogens (tertiary/aromatic N) is 2. The minimum absolute atomic E-state index is 0.317. The van der Waals surface area contributed by atoms with Crippen molar-refractivity contribution in [1.82, 2.24) is 9.88 Å². The molecule has 0 fully saturated rings. The Bertz CT molecular complexity index is 1120. The fraction of sp³-hybridized carbons (Fsp3) is 0.190. The zero-order valence-electron chi connectivity index (χ0n) is 14.0. The van der Waals surface area contributed by atoms with Gasteiger partial charge in [-0.15, -0.1) is 11.3 Å². The molecule has 1 N–H and O–H groups in total. The average molecular weight is 346 g/mol. The molecule has 2 aromatic carbocycles. The number of benzene rings is 2. The van der Waals surface area contributed by atoms with Gasteiger partial charge in [0.2, 0.25) is 0 Å². The SMILES string of the molecule is CN1CCc2ccc(-c3c(O)ccc4ncc5sccc5c34)cc2C1. The quantitative estimate of drug-likeness (QED) is 0.537. The van der Waals surface area contributed by atoms with Crippen LogP contribution in [0, 0.1) is 0 Å². The van der Waals surface area contributed by atoms with Gasteiger partial charge >= 0.3 is 0 Å². The van der Waals surface area contributed by atoms with Crippen molar-refractivity contribution in [2.24, 2.45) is 0 Å². The van der Waals surface area contributed by atoms with Gasteiger partial charge in [-0.25, -0.2) is 0 Å². The van der Waals surface area contributed by atoms with Crippen LogP contribution in [-0.2, 0) is 13.0 Å². The Hall–Kier alpha value is -2.43. The molecule has 0 amide bonds. The fourth-order valence-electron chi connectivity index (χ4n) is 3.86. The van der Waals surface area contributed by atoms with E-state index < -0.39 is 0 Å². The summed E-state index contributed by atoms with van der Waals surface area (Å²) < 4.78 is 1.15. The van der Waals surface area contributed by atoms with Crippen LogP contribution in [0.5, 0.6) is 5.75 Å². The normalized spacial score (nSPS) is 14.9. The molecule has 4 aromatic rings. The number of phenols is 1. The fourth-order valence-corrected chi connectivity index (χ4v) is 4.62. The highest BCUT2D eigenvalue weighted by Crippen LogP contribution is 2.41. The van der Waals surface area contributed by atoms with E-state index in [9.17, 15) is 5.11 Å². The number of thiophene rings is 1. The van der Waals surface area contributed by atoms with E-state index in [-0.39, 0.29) is 0 Å². The van der Waals surface area contributed by atoms with Crippen LogP contribution in [0.1, 0.15) is 11.1 Å². The molecule has 5 rings (SSSR count). The van der Waals surface area contributed by atoms with Gasteiger partial charge in [0.05, 0.1) is 10.2 Å². The topological polar surface area (TPSA) is 36.4 Å². The molecule has 1 aliphatic rings. The molecule has 0 bridgehead atoms. The Kier molecular flexibility index (Phi) is 3.30. The van der Waals surface area contributed by atoms with Crippen LogP contribution in [0.3, 0.4) is 0 Å². The molecular weight excluding hydrogens is 328 g/mol. The zero-order chi connectivity index (χ0) is 17.0. The maximum atomic E-state index is 10.7. The predicted molar refractivity (Wildman–Crippen MR) is 104 cm³/mol. The first-order valence-electron chi connectivity index (χ1n) is 8.49. The highest BCUT2D eigenvalue weighted by molar-refractivity contribution is 7.17. The first-order valence-corrected chi connectivity index (χ1v) is 9.37. The van der Waals surface area contributed by atoms with E-state index >= 15 is 0 Å². The summed E-state index contributed by atoms with van der Waals surface area (Å²) in [4.78, 5) is 6.94. The lowest BCUT2D eigenvalue weighted by molar-refractivity contribution is 0.313. The van der Waals surface area contributed by atoms with Gasteiger partial charge in [-0.1, -0.05) is 12.1 Å². The van der Waals surface area contributed by atoms with Crippen LogP contribution < -0.4 is 0 Å². The molecular formula is C21H18N2OS. The largest absolute Gasteiger partial charge is 0.507 e. The molecule has 0 spiro atoms. The van der Waals surface area contributed by atoms with Crippen molar-refractivity contribution < 1.29 is 5.11 Å². The van der Waals surface area contributed by atoms with Crippen LogP contribution in [0.15, 0.2) is 48.0 Å². The number of aromatic nitrogens is 1. The zero-order valence-corrected chi connectivity index (χ0v) is 14.8. The molecule has 0 saturated carbocycles. The van der Waals surface area contributed by atoms with Gasteiger partial charge in [-0.3, -0.25) is 4.98 Å². The van der Waals surface area contributed by atoms with Crippen molar-refractivity contribution in [3.63, 3.8) is 0 Å². The first kappa shape index (κ1) is 14.9. The molecule has 3 nitrogen and oxygen atoms in total. The Morgan fingerprint density at radius 2 is 2.04 bits per heavy atom. The Balaban J connectivity index is 1.82. The van der Waals surface area contributed by atoms with Gasteiger partial charge in [-0.05, 0) is 59.8 Å². The highest BCUT2D eigenvalue weighted by atomic mass is 32.1. The van der Waals surface area contributed by atoms with Crippen molar-refractivity contribution in [3.05, 3.63) is 59.1 Å². The van der Waals surface area contributed by atoms with Crippen molar-refractivity contribution in [1.29, 1.82) is 0 Å². The summed E-state index contributed by atoms with van der Waals surface area (Å²) in [5, 5.41) is 15.0. The lowest BCUT2D eigenvalue weighted by Gasteiger charge is -2.25. The lowest BCUT2D eigenvalue weighted by atomic mass is 9.92. The van der Waals surface area contributed by atoms with Crippen LogP contribution in [-0.4, -0.2) is 28.6 Å². The van der Waals surface area contributed by atoms with Crippen LogP contribution in [0.4, 0.5) is 0 Å². The minimum Gasteiger partial charge on any atom is -0.507 e. The number of fused-ring (bicyclic) bond motifs is 4. The Labute approximate surface area is 150 Å². The van der Waals surface area contributed by atoms with Crippen LogP contribution >= 0.6 is 11.3 Å². The van der Waals surface area contributed by atoms with Crippen molar-refractivity contribution in [3.8, 4) is 16.9 Å². The van der Waals surface area contributed by atoms with Gasteiger partial charge in [0.15, 0.2) is 0 Å². The van der Waals surface area contributed by atoms with Gasteiger partial charge in [0.25, 0.3) is 0 Å². The first-order chi connectivity index (χ1) is 12.2. The van der Waals surface area contributed by atoms with E-state index in [1.807, 2.05) is 12.3 Å². The molecule has 1 aliphatic heterocycles. The molecule has 0 saturated heterocycles. The second-order valence-electron chi connectivity index (χ2n) is 6.78. The second kappa shape index (κ2) is 5.55. The minimum atomic E-state index is 0.317. The molecule has 2 aromatic heterocycles. The Morgan fingerprint density at radius 3 is 2.96 bits per heavy atom. The monoisotopic (exact) mass is 346 g/mol. The number of aromatic hydroxyl groups is 1. The number of pyridine rings is 1. The number of hydrogen-bond donors (Lipinski definition) is 1. The van der Waals surface area contributed by atoms with Crippen LogP contribution in [0.25, 0.3) is 32.1 Å². The highest BCUT2D eigenvalue weighted by Gasteiger charge is 2.18. The predicted octanol–water partition coefficient (Wildman–Crippen LogP) is 4.81. The molecule has 3 heterocycles. The molecule has 4 heteroatoms. The summed E-state index contributed by atoms with van der Waals surface area (Å²) >= 11 is 1.68. The van der Waals surface area contributed by atoms with E-state index in [1.54, 1.807) is 17.4 Å². The summed E-state index contributed by atoms with van der Waals surface area (Å²) in [7, 11) is 2.16. The summed E-state index contributed by atoms with van der Waals surface area (Å²) in [6.45, 7) is 2.06. The number of rotatable bonds is 1. The molecule has 124 valence electrons. The molecule has 25 heavy (non-hydrogen) atoms. The molecule has 0 aliphatic carbocycles. The third-order valence-corrected chi connectivity index (χ3v) is 6.00. The molecule has 0 radical (unpaired) electrons. The smallest absolute Gasteiger partial charge is 0.124 e. The van der Waals surface area contributed by atoms with E-state index in [1.165, 1.54) is 11.1 Å².